The first-order valence-corrected chi connectivity index (χ1v) is 6.43. The third kappa shape index (κ3) is 5.67. The van der Waals surface area contributed by atoms with Crippen molar-refractivity contribution < 1.29 is 26.7 Å². The molecule has 0 fully saturated rings. The van der Waals surface area contributed by atoms with E-state index in [1.54, 1.807) is 4.73 Å². The highest BCUT2D eigenvalue weighted by Gasteiger charge is 2.20. The van der Waals surface area contributed by atoms with E-state index < -0.39 is 7.25 Å². The first-order valence-electron chi connectivity index (χ1n) is 6.43. The van der Waals surface area contributed by atoms with Crippen LogP contribution in [-0.2, 0) is 0 Å². The molecule has 0 N–H and O–H groups in total. The minimum Gasteiger partial charge on any atom is -0.418 e. The van der Waals surface area contributed by atoms with Crippen molar-refractivity contribution in [3.63, 3.8) is 0 Å². The molecule has 0 aliphatic rings. The third-order valence-corrected chi connectivity index (χ3v) is 2.51. The molecule has 0 spiro atoms. The number of nitrogens with zero attached hydrogens (tertiary/aromatic N) is 3. The molecular formula is C13H18BF4N3O. The maximum absolute atomic E-state index is 9.75. The fraction of sp³-hybridized carbons (Fsp3) is 0.308. The van der Waals surface area contributed by atoms with E-state index in [2.05, 4.69) is 6.07 Å². The molecule has 0 saturated heterocycles. The molecule has 0 aliphatic carbocycles. The van der Waals surface area contributed by atoms with Gasteiger partial charge in [0.25, 0.3) is 0 Å². The van der Waals surface area contributed by atoms with Crippen molar-refractivity contribution in [2.75, 3.05) is 28.2 Å². The number of rotatable bonds is 1. The summed E-state index contributed by atoms with van der Waals surface area (Å²) < 4.78 is 42.7. The van der Waals surface area contributed by atoms with Crippen molar-refractivity contribution in [3.8, 4) is 0 Å². The van der Waals surface area contributed by atoms with Crippen LogP contribution >= 0.6 is 0 Å². The molecule has 2 aromatic rings. The Morgan fingerprint density at radius 3 is 2.14 bits per heavy atom. The Kier molecular flexibility index (Phi) is 5.84. The van der Waals surface area contributed by atoms with Crippen molar-refractivity contribution in [2.24, 2.45) is 0 Å². The van der Waals surface area contributed by atoms with Gasteiger partial charge in [0.1, 0.15) is 0 Å². The highest BCUT2D eigenvalue weighted by atomic mass is 19.5. The predicted octanol–water partition coefficient (Wildman–Crippen LogP) is 2.56. The molecule has 9 heteroatoms. The molecule has 1 heterocycles. The van der Waals surface area contributed by atoms with Gasteiger partial charge < -0.3 is 17.3 Å². The lowest BCUT2D eigenvalue weighted by Gasteiger charge is -2.12. The van der Waals surface area contributed by atoms with E-state index in [-0.39, 0.29) is 0 Å². The largest absolute Gasteiger partial charge is 0.673 e. The molecule has 1 aromatic carbocycles. The zero-order chi connectivity index (χ0) is 16.9. The Hall–Kier alpha value is -2.19. The third-order valence-electron chi connectivity index (χ3n) is 2.51. The number of halogens is 4. The van der Waals surface area contributed by atoms with E-state index in [0.717, 1.165) is 11.5 Å². The smallest absolute Gasteiger partial charge is 0.418 e. The lowest BCUT2D eigenvalue weighted by Crippen LogP contribution is -2.38. The standard InChI is InChI=1S/C13H18N3O.BF4/c1-14(2)13(15(3)4)17-16-10-9-11-7-5-6-8-12(11)16;2-1(3,4)5/h5-10H,1-4H3;/q+1;-1. The summed E-state index contributed by atoms with van der Waals surface area (Å²) in [5.74, 6) is 0. The Morgan fingerprint density at radius 1 is 1.09 bits per heavy atom. The van der Waals surface area contributed by atoms with Gasteiger partial charge in [0.2, 0.25) is 0 Å². The Bertz CT molecular complexity index is 642. The second-order valence-electron chi connectivity index (χ2n) is 4.86. The van der Waals surface area contributed by atoms with Crippen LogP contribution in [0.15, 0.2) is 36.5 Å². The van der Waals surface area contributed by atoms with Crippen LogP contribution in [0.2, 0.25) is 0 Å². The minimum absolute atomic E-state index is 0.784. The van der Waals surface area contributed by atoms with Crippen LogP contribution in [0.25, 0.3) is 10.9 Å². The van der Waals surface area contributed by atoms with Gasteiger partial charge in [0, 0.05) is 11.6 Å². The number of aromatic nitrogens is 1. The van der Waals surface area contributed by atoms with E-state index in [1.807, 2.05) is 68.1 Å². The number of amidine groups is 1. The van der Waals surface area contributed by atoms with Gasteiger partial charge in [-0.05, 0) is 12.1 Å². The molecule has 0 aliphatic heterocycles. The molecule has 0 bridgehead atoms. The van der Waals surface area contributed by atoms with Crippen molar-refractivity contribution in [3.05, 3.63) is 36.5 Å². The quantitative estimate of drug-likeness (QED) is 0.265. The van der Waals surface area contributed by atoms with Crippen molar-refractivity contribution in [1.82, 2.24) is 9.63 Å². The van der Waals surface area contributed by atoms with E-state index >= 15 is 0 Å². The summed E-state index contributed by atoms with van der Waals surface area (Å²) >= 11 is 0. The molecule has 0 amide bonds. The average Bonchev–Trinajstić information content (AvgIpc) is 2.76. The summed E-state index contributed by atoms with van der Waals surface area (Å²) in [4.78, 5) is 7.82. The van der Waals surface area contributed by atoms with E-state index in [1.165, 1.54) is 5.39 Å². The van der Waals surface area contributed by atoms with Gasteiger partial charge in [-0.25, -0.2) is 9.48 Å². The van der Waals surface area contributed by atoms with Gasteiger partial charge in [0.15, 0.2) is 0 Å². The fourth-order valence-corrected chi connectivity index (χ4v) is 1.79. The SMILES string of the molecule is CN(C)C(On1ccc2ccccc21)=[N+](C)C.F[B-](F)(F)F. The number of benzene rings is 1. The first kappa shape index (κ1) is 17.9. The molecule has 1 aromatic heterocycles. The number of hydrogen-bond acceptors (Lipinski definition) is 1. The predicted molar refractivity (Wildman–Crippen MR) is 79.5 cm³/mol. The van der Waals surface area contributed by atoms with Crippen LogP contribution in [0.5, 0.6) is 0 Å². The Morgan fingerprint density at radius 2 is 1.64 bits per heavy atom. The topological polar surface area (TPSA) is 20.4 Å². The van der Waals surface area contributed by atoms with Crippen LogP contribution in [0, 0.1) is 0 Å². The summed E-state index contributed by atoms with van der Waals surface area (Å²) in [5, 5.41) is 1.17. The zero-order valence-corrected chi connectivity index (χ0v) is 12.8. The lowest BCUT2D eigenvalue weighted by atomic mass is 10.3. The number of fused-ring (bicyclic) bond motifs is 1. The highest BCUT2D eigenvalue weighted by molar-refractivity contribution is 6.50. The molecular weight excluding hydrogens is 301 g/mol. The van der Waals surface area contributed by atoms with Crippen LogP contribution < -0.4 is 4.84 Å². The Labute approximate surface area is 126 Å². The second-order valence-corrected chi connectivity index (χ2v) is 4.86. The number of hydrogen-bond donors (Lipinski definition) is 0. The summed E-state index contributed by atoms with van der Waals surface area (Å²) in [7, 11) is 1.84. The highest BCUT2D eigenvalue weighted by Crippen LogP contribution is 2.13. The molecule has 0 radical (unpaired) electrons. The maximum atomic E-state index is 9.75. The van der Waals surface area contributed by atoms with E-state index in [9.17, 15) is 17.3 Å². The first-order chi connectivity index (χ1) is 10.1. The second kappa shape index (κ2) is 7.19. The average molecular weight is 319 g/mol. The molecule has 0 atom stereocenters. The van der Waals surface area contributed by atoms with Gasteiger partial charge in [-0.1, -0.05) is 18.2 Å². The van der Waals surface area contributed by atoms with Crippen LogP contribution in [0.1, 0.15) is 0 Å². The van der Waals surface area contributed by atoms with Gasteiger partial charge in [-0.15, -0.1) is 0 Å². The summed E-state index contributed by atoms with van der Waals surface area (Å²) in [6.45, 7) is 0. The Balaban J connectivity index is 0.000000422. The van der Waals surface area contributed by atoms with Gasteiger partial charge >= 0.3 is 13.3 Å². The lowest BCUT2D eigenvalue weighted by molar-refractivity contribution is -0.480. The van der Waals surface area contributed by atoms with Crippen molar-refractivity contribution >= 4 is 24.2 Å². The van der Waals surface area contributed by atoms with E-state index in [0.29, 0.717) is 0 Å². The summed E-state index contributed by atoms with van der Waals surface area (Å²) in [6, 6.07) is 11.0. The summed E-state index contributed by atoms with van der Waals surface area (Å²) in [5.41, 5.74) is 1.06. The zero-order valence-electron chi connectivity index (χ0n) is 12.8. The van der Waals surface area contributed by atoms with Gasteiger partial charge in [-0.2, -0.15) is 4.73 Å². The van der Waals surface area contributed by atoms with Crippen LogP contribution in [0.3, 0.4) is 0 Å². The fourth-order valence-electron chi connectivity index (χ4n) is 1.79. The normalized spacial score (nSPS) is 10.7. The van der Waals surface area contributed by atoms with Crippen molar-refractivity contribution in [2.45, 2.75) is 0 Å². The molecule has 4 nitrogen and oxygen atoms in total. The van der Waals surface area contributed by atoms with Gasteiger partial charge in [0.05, 0.1) is 33.7 Å². The van der Waals surface area contributed by atoms with E-state index in [4.69, 9.17) is 4.84 Å². The van der Waals surface area contributed by atoms with Crippen molar-refractivity contribution in [1.29, 1.82) is 0 Å². The van der Waals surface area contributed by atoms with Gasteiger partial charge in [-0.3, -0.25) is 4.84 Å². The monoisotopic (exact) mass is 319 g/mol. The molecule has 0 unspecified atom stereocenters. The number of para-hydroxylation sites is 1. The van der Waals surface area contributed by atoms with Crippen LogP contribution in [0.4, 0.5) is 17.3 Å². The molecule has 2 rings (SSSR count). The van der Waals surface area contributed by atoms with Crippen LogP contribution in [-0.4, -0.2) is 55.7 Å². The maximum Gasteiger partial charge on any atom is 0.673 e. The summed E-state index contributed by atoms with van der Waals surface area (Å²) in [6.07, 6.45) is 1.93. The molecule has 0 saturated carbocycles. The minimum atomic E-state index is -6.00. The molecule has 122 valence electrons. The molecule has 22 heavy (non-hydrogen) atoms.